The standard InChI is InChI=1S/C17H20N6O/c24-15(9-18-16-5-6-17-20-19-12-23(17)21-16)11-22-8-7-13-3-1-2-4-14(13)10-22/h1-6,12,15,24H,7-11H2,(H,18,21)/t15-/m0/s1. The molecule has 24 heavy (non-hydrogen) atoms. The predicted octanol–water partition coefficient (Wildman–Crippen LogP) is 0.955. The van der Waals surface area contributed by atoms with E-state index >= 15 is 0 Å². The van der Waals surface area contributed by atoms with Crippen molar-refractivity contribution in [1.82, 2.24) is 24.7 Å². The summed E-state index contributed by atoms with van der Waals surface area (Å²) < 4.78 is 1.61. The molecule has 124 valence electrons. The number of hydrogen-bond acceptors (Lipinski definition) is 6. The SMILES string of the molecule is O[C@@H](CNc1ccc2nncn2n1)CN1CCc2ccccc2C1. The summed E-state index contributed by atoms with van der Waals surface area (Å²) in [5.74, 6) is 0.699. The molecular weight excluding hydrogens is 304 g/mol. The fourth-order valence-corrected chi connectivity index (χ4v) is 3.12. The van der Waals surface area contributed by atoms with Gasteiger partial charge in [0.2, 0.25) is 0 Å². The molecule has 0 radical (unpaired) electrons. The lowest BCUT2D eigenvalue weighted by Crippen LogP contribution is -2.39. The Bertz CT molecular complexity index is 833. The van der Waals surface area contributed by atoms with Crippen LogP contribution in [0.25, 0.3) is 5.65 Å². The molecule has 3 heterocycles. The van der Waals surface area contributed by atoms with Crippen molar-refractivity contribution < 1.29 is 5.11 Å². The van der Waals surface area contributed by atoms with Gasteiger partial charge in [-0.1, -0.05) is 24.3 Å². The number of aliphatic hydroxyl groups excluding tert-OH is 1. The zero-order chi connectivity index (χ0) is 16.4. The van der Waals surface area contributed by atoms with Crippen molar-refractivity contribution in [2.75, 3.05) is 25.0 Å². The van der Waals surface area contributed by atoms with E-state index in [2.05, 4.69) is 49.8 Å². The van der Waals surface area contributed by atoms with Gasteiger partial charge in [-0.2, -0.15) is 4.52 Å². The normalized spacial score (nSPS) is 16.0. The number of benzene rings is 1. The van der Waals surface area contributed by atoms with Crippen LogP contribution in [-0.2, 0) is 13.0 Å². The number of nitrogens with one attached hydrogen (secondary N) is 1. The Hall–Kier alpha value is -2.51. The van der Waals surface area contributed by atoms with Crippen LogP contribution in [0.3, 0.4) is 0 Å². The second kappa shape index (κ2) is 6.54. The maximum atomic E-state index is 10.3. The van der Waals surface area contributed by atoms with Crippen LogP contribution in [0.4, 0.5) is 5.82 Å². The van der Waals surface area contributed by atoms with E-state index in [0.29, 0.717) is 24.6 Å². The molecule has 0 amide bonds. The number of anilines is 1. The van der Waals surface area contributed by atoms with E-state index in [0.717, 1.165) is 19.5 Å². The number of hydrogen-bond donors (Lipinski definition) is 2. The summed E-state index contributed by atoms with van der Waals surface area (Å²) in [7, 11) is 0. The maximum Gasteiger partial charge on any atom is 0.177 e. The van der Waals surface area contributed by atoms with E-state index in [1.165, 1.54) is 11.1 Å². The fourth-order valence-electron chi connectivity index (χ4n) is 3.12. The topological polar surface area (TPSA) is 78.6 Å². The van der Waals surface area contributed by atoms with Gasteiger partial charge in [0.1, 0.15) is 12.1 Å². The Labute approximate surface area is 139 Å². The van der Waals surface area contributed by atoms with Crippen LogP contribution in [0.1, 0.15) is 11.1 Å². The molecule has 7 nitrogen and oxygen atoms in total. The van der Waals surface area contributed by atoms with E-state index < -0.39 is 6.10 Å². The third-order valence-electron chi connectivity index (χ3n) is 4.36. The molecule has 2 aromatic heterocycles. The molecule has 0 saturated heterocycles. The molecule has 0 bridgehead atoms. The van der Waals surface area contributed by atoms with Crippen LogP contribution < -0.4 is 5.32 Å². The first-order valence-corrected chi connectivity index (χ1v) is 8.16. The number of nitrogens with zero attached hydrogens (tertiary/aromatic N) is 5. The Morgan fingerprint density at radius 2 is 2.04 bits per heavy atom. The number of β-amino-alcohol motifs (C(OH)–C–C–N with tert-alkyl or cyclic N) is 1. The molecule has 7 heteroatoms. The molecule has 1 aromatic carbocycles. The molecule has 0 saturated carbocycles. The second-order valence-electron chi connectivity index (χ2n) is 6.14. The number of aliphatic hydroxyl groups is 1. The predicted molar refractivity (Wildman–Crippen MR) is 90.7 cm³/mol. The van der Waals surface area contributed by atoms with Gasteiger partial charge < -0.3 is 10.4 Å². The summed E-state index contributed by atoms with van der Waals surface area (Å²) >= 11 is 0. The first-order valence-electron chi connectivity index (χ1n) is 8.16. The maximum absolute atomic E-state index is 10.3. The molecule has 0 aliphatic carbocycles. The average Bonchev–Trinajstić information content (AvgIpc) is 3.07. The Morgan fingerprint density at radius 3 is 2.96 bits per heavy atom. The molecule has 4 rings (SSSR count). The lowest BCUT2D eigenvalue weighted by atomic mass is 10.00. The minimum absolute atomic E-state index is 0.450. The third kappa shape index (κ3) is 3.22. The largest absolute Gasteiger partial charge is 0.390 e. The first kappa shape index (κ1) is 15.0. The summed E-state index contributed by atoms with van der Waals surface area (Å²) in [6.45, 7) is 2.99. The van der Waals surface area contributed by atoms with Crippen LogP contribution in [0.5, 0.6) is 0 Å². The minimum atomic E-state index is -0.450. The molecule has 0 fully saturated rings. The van der Waals surface area contributed by atoms with Crippen LogP contribution in [0, 0.1) is 0 Å². The van der Waals surface area contributed by atoms with E-state index in [4.69, 9.17) is 0 Å². The van der Waals surface area contributed by atoms with Crippen LogP contribution in [-0.4, -0.2) is 55.6 Å². The highest BCUT2D eigenvalue weighted by Gasteiger charge is 2.18. The number of aromatic nitrogens is 4. The van der Waals surface area contributed by atoms with E-state index in [9.17, 15) is 5.11 Å². The van der Waals surface area contributed by atoms with E-state index in [1.807, 2.05) is 12.1 Å². The van der Waals surface area contributed by atoms with Gasteiger partial charge in [-0.25, -0.2) is 0 Å². The first-order chi connectivity index (χ1) is 11.8. The molecule has 1 aliphatic rings. The number of fused-ring (bicyclic) bond motifs is 2. The second-order valence-corrected chi connectivity index (χ2v) is 6.14. The summed E-state index contributed by atoms with van der Waals surface area (Å²) in [5, 5.41) is 25.5. The summed E-state index contributed by atoms with van der Waals surface area (Å²) in [6.07, 6.45) is 2.15. The van der Waals surface area contributed by atoms with Gasteiger partial charge in [-0.05, 0) is 29.7 Å². The minimum Gasteiger partial charge on any atom is -0.390 e. The van der Waals surface area contributed by atoms with Crippen molar-refractivity contribution in [3.05, 3.63) is 53.9 Å². The molecule has 0 spiro atoms. The Kier molecular flexibility index (Phi) is 4.10. The smallest absolute Gasteiger partial charge is 0.177 e. The molecule has 2 N–H and O–H groups in total. The lowest BCUT2D eigenvalue weighted by molar-refractivity contribution is 0.114. The monoisotopic (exact) mass is 324 g/mol. The number of rotatable bonds is 5. The Balaban J connectivity index is 1.31. The van der Waals surface area contributed by atoms with Gasteiger partial charge in [0.15, 0.2) is 5.65 Å². The summed E-state index contributed by atoms with van der Waals surface area (Å²) in [5.41, 5.74) is 3.49. The van der Waals surface area contributed by atoms with Gasteiger partial charge in [0.05, 0.1) is 6.10 Å². The molecule has 1 atom stereocenters. The van der Waals surface area contributed by atoms with Crippen LogP contribution in [0.15, 0.2) is 42.7 Å². The zero-order valence-electron chi connectivity index (χ0n) is 13.3. The highest BCUT2D eigenvalue weighted by Crippen LogP contribution is 2.18. The van der Waals surface area contributed by atoms with Crippen molar-refractivity contribution >= 4 is 11.5 Å². The van der Waals surface area contributed by atoms with Crippen molar-refractivity contribution in [2.24, 2.45) is 0 Å². The van der Waals surface area contributed by atoms with Gasteiger partial charge in [0.25, 0.3) is 0 Å². The highest BCUT2D eigenvalue weighted by atomic mass is 16.3. The lowest BCUT2D eigenvalue weighted by Gasteiger charge is -2.30. The summed E-state index contributed by atoms with van der Waals surface area (Å²) in [6, 6.07) is 12.2. The van der Waals surface area contributed by atoms with Gasteiger partial charge in [-0.3, -0.25) is 4.90 Å². The molecule has 1 aliphatic heterocycles. The molecule has 0 unspecified atom stereocenters. The Morgan fingerprint density at radius 1 is 1.17 bits per heavy atom. The molecular formula is C17H20N6O. The van der Waals surface area contributed by atoms with Gasteiger partial charge >= 0.3 is 0 Å². The average molecular weight is 324 g/mol. The van der Waals surface area contributed by atoms with Crippen molar-refractivity contribution in [1.29, 1.82) is 0 Å². The van der Waals surface area contributed by atoms with Crippen molar-refractivity contribution in [3.8, 4) is 0 Å². The van der Waals surface area contributed by atoms with Crippen LogP contribution >= 0.6 is 0 Å². The van der Waals surface area contributed by atoms with Crippen LogP contribution in [0.2, 0.25) is 0 Å². The van der Waals surface area contributed by atoms with Crippen molar-refractivity contribution in [3.63, 3.8) is 0 Å². The third-order valence-corrected chi connectivity index (χ3v) is 4.36. The van der Waals surface area contributed by atoms with E-state index in [1.54, 1.807) is 10.8 Å². The molecule has 3 aromatic rings. The van der Waals surface area contributed by atoms with Gasteiger partial charge in [-0.15, -0.1) is 15.3 Å². The van der Waals surface area contributed by atoms with Gasteiger partial charge in [0, 0.05) is 26.2 Å². The highest BCUT2D eigenvalue weighted by molar-refractivity contribution is 5.42. The quantitative estimate of drug-likeness (QED) is 0.728. The van der Waals surface area contributed by atoms with E-state index in [-0.39, 0.29) is 0 Å². The zero-order valence-corrected chi connectivity index (χ0v) is 13.3. The van der Waals surface area contributed by atoms with Crippen molar-refractivity contribution in [2.45, 2.75) is 19.1 Å². The fraction of sp³-hybridized carbons (Fsp3) is 0.353. The summed E-state index contributed by atoms with van der Waals surface area (Å²) in [4.78, 5) is 2.30.